The van der Waals surface area contributed by atoms with Gasteiger partial charge in [-0.05, 0) is 42.5 Å². The van der Waals surface area contributed by atoms with Gasteiger partial charge in [0.25, 0.3) is 5.91 Å². The van der Waals surface area contributed by atoms with E-state index in [2.05, 4.69) is 15.9 Å². The molecule has 1 fully saturated rings. The minimum Gasteiger partial charge on any atom is -0.482 e. The molecular weight excluding hydrogens is 475 g/mol. The van der Waals surface area contributed by atoms with Crippen LogP contribution in [0.1, 0.15) is 0 Å². The van der Waals surface area contributed by atoms with Crippen LogP contribution in [0.25, 0.3) is 0 Å². The fourth-order valence-corrected chi connectivity index (χ4v) is 4.91. The fraction of sp³-hybridized carbons (Fsp3) is 0.278. The van der Waals surface area contributed by atoms with Crippen molar-refractivity contribution in [2.45, 2.75) is 4.90 Å². The third-order valence-corrected chi connectivity index (χ3v) is 6.99. The van der Waals surface area contributed by atoms with Gasteiger partial charge in [-0.3, -0.25) is 4.79 Å². The minimum absolute atomic E-state index is 0.0295. The molecule has 3 rings (SSSR count). The predicted octanol–water partition coefficient (Wildman–Crippen LogP) is 3.15. The second-order valence-electron chi connectivity index (χ2n) is 6.10. The Hall–Kier alpha value is -1.68. The summed E-state index contributed by atoms with van der Waals surface area (Å²) in [5, 5.41) is 0.386. The van der Waals surface area contributed by atoms with Gasteiger partial charge in [0.1, 0.15) is 11.6 Å². The monoisotopic (exact) mass is 490 g/mol. The van der Waals surface area contributed by atoms with Crippen LogP contribution in [-0.2, 0) is 14.8 Å². The van der Waals surface area contributed by atoms with Gasteiger partial charge < -0.3 is 9.64 Å². The van der Waals surface area contributed by atoms with Crippen molar-refractivity contribution in [2.75, 3.05) is 32.8 Å². The van der Waals surface area contributed by atoms with Gasteiger partial charge in [0.15, 0.2) is 6.61 Å². The molecule has 0 aliphatic carbocycles. The van der Waals surface area contributed by atoms with Crippen LogP contribution >= 0.6 is 27.5 Å². The molecule has 1 amide bonds. The number of rotatable bonds is 5. The third kappa shape index (κ3) is 4.83. The molecule has 2 aromatic rings. The number of ether oxygens (including phenoxy) is 1. The number of hydrogen-bond donors (Lipinski definition) is 0. The predicted molar refractivity (Wildman–Crippen MR) is 106 cm³/mol. The summed E-state index contributed by atoms with van der Waals surface area (Å²) in [5.41, 5.74) is 0. The number of benzene rings is 2. The second-order valence-corrected chi connectivity index (χ2v) is 9.36. The number of carbonyl (C=O) groups is 1. The average Bonchev–Trinajstić information content (AvgIpc) is 2.67. The number of hydrogen-bond acceptors (Lipinski definition) is 4. The molecule has 0 saturated carbocycles. The van der Waals surface area contributed by atoms with Crippen LogP contribution < -0.4 is 4.74 Å². The summed E-state index contributed by atoms with van der Waals surface area (Å²) in [6.07, 6.45) is 0. The zero-order valence-corrected chi connectivity index (χ0v) is 17.8. The van der Waals surface area contributed by atoms with E-state index in [0.717, 1.165) is 16.6 Å². The van der Waals surface area contributed by atoms with Crippen molar-refractivity contribution < 1.29 is 22.3 Å². The third-order valence-electron chi connectivity index (χ3n) is 4.29. The molecule has 1 saturated heterocycles. The van der Waals surface area contributed by atoms with Crippen molar-refractivity contribution in [3.63, 3.8) is 0 Å². The van der Waals surface area contributed by atoms with Crippen LogP contribution in [0.4, 0.5) is 4.39 Å². The van der Waals surface area contributed by atoms with Gasteiger partial charge >= 0.3 is 0 Å². The van der Waals surface area contributed by atoms with Gasteiger partial charge in [-0.25, -0.2) is 12.8 Å². The van der Waals surface area contributed by atoms with Crippen molar-refractivity contribution in [1.82, 2.24) is 9.21 Å². The summed E-state index contributed by atoms with van der Waals surface area (Å²) in [4.78, 5) is 13.9. The lowest BCUT2D eigenvalue weighted by Crippen LogP contribution is -2.51. The van der Waals surface area contributed by atoms with E-state index in [1.807, 2.05) is 0 Å². The number of sulfonamides is 1. The van der Waals surface area contributed by atoms with E-state index in [1.54, 1.807) is 23.1 Å². The smallest absolute Gasteiger partial charge is 0.260 e. The van der Waals surface area contributed by atoms with Crippen LogP contribution in [0.2, 0.25) is 5.02 Å². The average molecular weight is 492 g/mol. The summed E-state index contributed by atoms with van der Waals surface area (Å²) < 4.78 is 45.8. The maximum Gasteiger partial charge on any atom is 0.260 e. The molecule has 10 heteroatoms. The Bertz CT molecular complexity index is 964. The molecule has 6 nitrogen and oxygen atoms in total. The van der Waals surface area contributed by atoms with Crippen LogP contribution in [0.5, 0.6) is 5.75 Å². The van der Waals surface area contributed by atoms with Crippen LogP contribution in [-0.4, -0.2) is 56.3 Å². The second kappa shape index (κ2) is 8.77. The maximum absolute atomic E-state index is 13.0. The lowest BCUT2D eigenvalue weighted by atomic mass is 10.3. The number of halogens is 3. The molecule has 0 atom stereocenters. The lowest BCUT2D eigenvalue weighted by molar-refractivity contribution is -0.134. The van der Waals surface area contributed by atoms with E-state index in [9.17, 15) is 17.6 Å². The molecule has 150 valence electrons. The first-order chi connectivity index (χ1) is 13.3. The molecule has 0 unspecified atom stereocenters. The van der Waals surface area contributed by atoms with Crippen LogP contribution in [0.3, 0.4) is 0 Å². The molecule has 0 spiro atoms. The molecule has 0 aromatic heterocycles. The van der Waals surface area contributed by atoms with E-state index >= 15 is 0 Å². The summed E-state index contributed by atoms with van der Waals surface area (Å²) in [7, 11) is -3.72. The first-order valence-corrected chi connectivity index (χ1v) is 11.0. The molecule has 0 bridgehead atoms. The van der Waals surface area contributed by atoms with Gasteiger partial charge in [-0.2, -0.15) is 4.31 Å². The summed E-state index contributed by atoms with van der Waals surface area (Å²) >= 11 is 9.35. The van der Waals surface area contributed by atoms with Gasteiger partial charge in [0, 0.05) is 30.7 Å². The zero-order chi connectivity index (χ0) is 20.3. The standard InChI is InChI=1S/C18H17BrClFN2O4S/c19-13-1-6-17(16(20)11-13)27-12-18(24)22-7-9-23(10-8-22)28(25,26)15-4-2-14(21)3-5-15/h1-6,11H,7-10,12H2. The van der Waals surface area contributed by atoms with Gasteiger partial charge in [0.2, 0.25) is 10.0 Å². The summed E-state index contributed by atoms with van der Waals surface area (Å²) in [6.45, 7) is 0.619. The topological polar surface area (TPSA) is 66.9 Å². The van der Waals surface area contributed by atoms with E-state index < -0.39 is 15.8 Å². The van der Waals surface area contributed by atoms with Crippen molar-refractivity contribution in [2.24, 2.45) is 0 Å². The van der Waals surface area contributed by atoms with Crippen molar-refractivity contribution >= 4 is 43.5 Å². The molecule has 0 radical (unpaired) electrons. The van der Waals surface area contributed by atoms with Crippen LogP contribution in [0.15, 0.2) is 51.8 Å². The summed E-state index contributed by atoms with van der Waals surface area (Å²) in [5.74, 6) is -0.353. The summed E-state index contributed by atoms with van der Waals surface area (Å²) in [6, 6.07) is 9.77. The highest BCUT2D eigenvalue weighted by atomic mass is 79.9. The molecule has 28 heavy (non-hydrogen) atoms. The molecule has 1 aliphatic rings. The Balaban J connectivity index is 1.55. The Morgan fingerprint density at radius 2 is 1.75 bits per heavy atom. The SMILES string of the molecule is O=C(COc1ccc(Br)cc1Cl)N1CCN(S(=O)(=O)c2ccc(F)cc2)CC1. The highest BCUT2D eigenvalue weighted by molar-refractivity contribution is 9.10. The van der Waals surface area contributed by atoms with E-state index in [4.69, 9.17) is 16.3 Å². The van der Waals surface area contributed by atoms with Crippen LogP contribution in [0, 0.1) is 5.82 Å². The van der Waals surface area contributed by atoms with Crippen molar-refractivity contribution in [3.05, 3.63) is 57.8 Å². The van der Waals surface area contributed by atoms with Crippen molar-refractivity contribution in [1.29, 1.82) is 0 Å². The lowest BCUT2D eigenvalue weighted by Gasteiger charge is -2.34. The Morgan fingerprint density at radius 3 is 2.36 bits per heavy atom. The normalized spacial score (nSPS) is 15.5. The van der Waals surface area contributed by atoms with Gasteiger partial charge in [-0.15, -0.1) is 0 Å². The first kappa shape index (κ1) is 21.0. The highest BCUT2D eigenvalue weighted by Gasteiger charge is 2.30. The minimum atomic E-state index is -3.72. The Labute approximate surface area is 176 Å². The number of nitrogens with zero attached hydrogens (tertiary/aromatic N) is 2. The number of piperazine rings is 1. The van der Waals surface area contributed by atoms with E-state index in [-0.39, 0.29) is 43.6 Å². The molecular formula is C18H17BrClFN2O4S. The van der Waals surface area contributed by atoms with Crippen molar-refractivity contribution in [3.8, 4) is 5.75 Å². The van der Waals surface area contributed by atoms with Gasteiger partial charge in [0.05, 0.1) is 9.92 Å². The van der Waals surface area contributed by atoms with Gasteiger partial charge in [-0.1, -0.05) is 27.5 Å². The number of amides is 1. The van der Waals surface area contributed by atoms with E-state index in [0.29, 0.717) is 10.8 Å². The largest absolute Gasteiger partial charge is 0.482 e. The Kier molecular flexibility index (Phi) is 6.59. The fourth-order valence-electron chi connectivity index (χ4n) is 2.76. The number of carbonyl (C=O) groups excluding carboxylic acids is 1. The molecule has 1 aliphatic heterocycles. The highest BCUT2D eigenvalue weighted by Crippen LogP contribution is 2.27. The molecule has 0 N–H and O–H groups in total. The molecule has 1 heterocycles. The zero-order valence-electron chi connectivity index (χ0n) is 14.6. The maximum atomic E-state index is 13.0. The first-order valence-electron chi connectivity index (χ1n) is 8.39. The Morgan fingerprint density at radius 1 is 1.11 bits per heavy atom. The quantitative estimate of drug-likeness (QED) is 0.644. The van der Waals surface area contributed by atoms with E-state index in [1.165, 1.54) is 16.4 Å². The molecule has 2 aromatic carbocycles.